The summed E-state index contributed by atoms with van der Waals surface area (Å²) in [6.07, 6.45) is 1.75. The molecule has 0 bridgehead atoms. The zero-order chi connectivity index (χ0) is 16.3. The van der Waals surface area contributed by atoms with E-state index in [-0.39, 0.29) is 11.9 Å². The number of nitrogens with one attached hydrogen (secondary N) is 1. The van der Waals surface area contributed by atoms with Crippen LogP contribution in [-0.4, -0.2) is 20.8 Å². The molecule has 2 aromatic heterocycles. The summed E-state index contributed by atoms with van der Waals surface area (Å²) in [6.45, 7) is 10.9. The second-order valence-corrected chi connectivity index (χ2v) is 5.52. The zero-order valence-corrected chi connectivity index (χ0v) is 13.9. The Morgan fingerprint density at radius 1 is 1.41 bits per heavy atom. The predicted molar refractivity (Wildman–Crippen MR) is 83.8 cm³/mol. The number of hydrogen-bond acceptors (Lipinski definition) is 4. The van der Waals surface area contributed by atoms with Crippen molar-refractivity contribution in [2.24, 2.45) is 0 Å². The van der Waals surface area contributed by atoms with Gasteiger partial charge in [-0.1, -0.05) is 12.1 Å². The van der Waals surface area contributed by atoms with Crippen molar-refractivity contribution in [1.82, 2.24) is 20.3 Å². The fraction of sp³-hybridized carbons (Fsp3) is 0.562. The molecule has 0 saturated carbocycles. The quantitative estimate of drug-likeness (QED) is 0.890. The lowest BCUT2D eigenvalue weighted by Gasteiger charge is -2.14. The van der Waals surface area contributed by atoms with Gasteiger partial charge in [0.25, 0.3) is 5.91 Å². The molecule has 0 saturated heterocycles. The highest BCUT2D eigenvalue weighted by Crippen LogP contribution is 2.21. The topological polar surface area (TPSA) is 73.0 Å². The molecule has 2 rings (SSSR count). The first-order chi connectivity index (χ1) is 10.5. The van der Waals surface area contributed by atoms with Gasteiger partial charge in [0.05, 0.1) is 11.7 Å². The summed E-state index contributed by atoms with van der Waals surface area (Å²) in [5, 5.41) is 11.3. The maximum absolute atomic E-state index is 12.3. The highest BCUT2D eigenvalue weighted by molar-refractivity contribution is 5.92. The monoisotopic (exact) mass is 304 g/mol. The van der Waals surface area contributed by atoms with Crippen molar-refractivity contribution >= 4 is 5.91 Å². The summed E-state index contributed by atoms with van der Waals surface area (Å²) in [5.41, 5.74) is 3.42. The Hall–Kier alpha value is -2.11. The lowest BCUT2D eigenvalue weighted by atomic mass is 10.1. The second-order valence-electron chi connectivity index (χ2n) is 5.52. The molecule has 6 nitrogen and oxygen atoms in total. The summed E-state index contributed by atoms with van der Waals surface area (Å²) in [5.74, 6) is 0.521. The van der Waals surface area contributed by atoms with E-state index in [9.17, 15) is 4.79 Å². The molecule has 0 fully saturated rings. The third-order valence-electron chi connectivity index (χ3n) is 3.81. The molecule has 1 N–H and O–H groups in total. The Balaban J connectivity index is 2.12. The Labute approximate surface area is 130 Å². The Bertz CT molecular complexity index is 657. The smallest absolute Gasteiger partial charge is 0.273 e. The molecule has 1 amide bonds. The first-order valence-corrected chi connectivity index (χ1v) is 7.78. The van der Waals surface area contributed by atoms with Gasteiger partial charge in [-0.05, 0) is 34.1 Å². The standard InChI is InChI=1S/C16H24N4O2/c1-6-8-13-9-14(19-22-13)16(21)17-10(3)15-11(4)18-20(7-2)12(15)5/h9-10H,6-8H2,1-5H3,(H,17,21)/t10-/m1/s1. The largest absolute Gasteiger partial charge is 0.361 e. The van der Waals surface area contributed by atoms with E-state index in [1.165, 1.54) is 0 Å². The van der Waals surface area contributed by atoms with E-state index < -0.39 is 0 Å². The van der Waals surface area contributed by atoms with Crippen LogP contribution in [0, 0.1) is 13.8 Å². The van der Waals surface area contributed by atoms with Gasteiger partial charge in [-0.25, -0.2) is 0 Å². The predicted octanol–water partition coefficient (Wildman–Crippen LogP) is 2.95. The highest BCUT2D eigenvalue weighted by Gasteiger charge is 2.21. The fourth-order valence-corrected chi connectivity index (χ4v) is 2.77. The molecule has 2 heterocycles. The van der Waals surface area contributed by atoms with Gasteiger partial charge >= 0.3 is 0 Å². The lowest BCUT2D eigenvalue weighted by Crippen LogP contribution is -2.27. The number of rotatable bonds is 6. The van der Waals surface area contributed by atoms with Crippen LogP contribution in [0.5, 0.6) is 0 Å². The minimum atomic E-state index is -0.221. The molecule has 0 unspecified atom stereocenters. The van der Waals surface area contributed by atoms with E-state index in [4.69, 9.17) is 4.52 Å². The normalized spacial score (nSPS) is 12.4. The molecule has 0 radical (unpaired) electrons. The Morgan fingerprint density at radius 3 is 2.73 bits per heavy atom. The van der Waals surface area contributed by atoms with Crippen LogP contribution in [0.3, 0.4) is 0 Å². The van der Waals surface area contributed by atoms with E-state index in [2.05, 4.69) is 29.4 Å². The molecule has 0 aliphatic heterocycles. The van der Waals surface area contributed by atoms with E-state index >= 15 is 0 Å². The third kappa shape index (κ3) is 3.21. The van der Waals surface area contributed by atoms with Crippen LogP contribution in [0.15, 0.2) is 10.6 Å². The molecule has 1 atom stereocenters. The van der Waals surface area contributed by atoms with Gasteiger partial charge in [0.1, 0.15) is 5.76 Å². The van der Waals surface area contributed by atoms with Gasteiger partial charge in [0, 0.05) is 30.3 Å². The summed E-state index contributed by atoms with van der Waals surface area (Å²) in [6, 6.07) is 1.58. The molecule has 0 aromatic carbocycles. The van der Waals surface area contributed by atoms with Crippen LogP contribution < -0.4 is 5.32 Å². The molecule has 0 aliphatic carbocycles. The second kappa shape index (κ2) is 6.77. The van der Waals surface area contributed by atoms with Crippen LogP contribution in [0.1, 0.15) is 66.4 Å². The molecule has 2 aromatic rings. The number of aryl methyl sites for hydroxylation is 3. The average Bonchev–Trinajstić information content (AvgIpc) is 3.04. The number of hydrogen-bond donors (Lipinski definition) is 1. The van der Waals surface area contributed by atoms with Crippen LogP contribution in [0.2, 0.25) is 0 Å². The van der Waals surface area contributed by atoms with Gasteiger partial charge < -0.3 is 9.84 Å². The van der Waals surface area contributed by atoms with Crippen LogP contribution >= 0.6 is 0 Å². The zero-order valence-electron chi connectivity index (χ0n) is 13.9. The number of nitrogens with zero attached hydrogens (tertiary/aromatic N) is 3. The van der Waals surface area contributed by atoms with E-state index in [0.717, 1.165) is 42.1 Å². The molecule has 22 heavy (non-hydrogen) atoms. The van der Waals surface area contributed by atoms with Crippen LogP contribution in [0.4, 0.5) is 0 Å². The summed E-state index contributed by atoms with van der Waals surface area (Å²) < 4.78 is 7.10. The highest BCUT2D eigenvalue weighted by atomic mass is 16.5. The Morgan fingerprint density at radius 2 is 2.14 bits per heavy atom. The maximum atomic E-state index is 12.3. The van der Waals surface area contributed by atoms with Gasteiger partial charge in [-0.3, -0.25) is 9.48 Å². The average molecular weight is 304 g/mol. The van der Waals surface area contributed by atoms with E-state index in [1.807, 2.05) is 25.5 Å². The minimum Gasteiger partial charge on any atom is -0.361 e. The first kappa shape index (κ1) is 16.3. The number of carbonyl (C=O) groups is 1. The summed E-state index contributed by atoms with van der Waals surface area (Å²) >= 11 is 0. The van der Waals surface area contributed by atoms with E-state index in [1.54, 1.807) is 6.07 Å². The van der Waals surface area contributed by atoms with Crippen molar-refractivity contribution in [3.05, 3.63) is 34.5 Å². The van der Waals surface area contributed by atoms with Gasteiger partial charge in [-0.2, -0.15) is 5.10 Å². The van der Waals surface area contributed by atoms with Gasteiger partial charge in [-0.15, -0.1) is 0 Å². The van der Waals surface area contributed by atoms with E-state index in [0.29, 0.717) is 5.69 Å². The molecule has 6 heteroatoms. The van der Waals surface area contributed by atoms with Crippen LogP contribution in [-0.2, 0) is 13.0 Å². The van der Waals surface area contributed by atoms with Crippen molar-refractivity contribution in [2.45, 2.75) is 60.0 Å². The van der Waals surface area contributed by atoms with Crippen molar-refractivity contribution < 1.29 is 9.32 Å². The third-order valence-corrected chi connectivity index (χ3v) is 3.81. The molecular weight excluding hydrogens is 280 g/mol. The fourth-order valence-electron chi connectivity index (χ4n) is 2.77. The summed E-state index contributed by atoms with van der Waals surface area (Å²) in [4.78, 5) is 12.3. The molecular formula is C16H24N4O2. The van der Waals surface area contributed by atoms with Crippen molar-refractivity contribution in [3.8, 4) is 0 Å². The summed E-state index contributed by atoms with van der Waals surface area (Å²) in [7, 11) is 0. The molecule has 0 spiro atoms. The SMILES string of the molecule is CCCc1cc(C(=O)N[C@H](C)c2c(C)nn(CC)c2C)no1. The van der Waals surface area contributed by atoms with Crippen LogP contribution in [0.25, 0.3) is 0 Å². The Kier molecular flexibility index (Phi) is 5.00. The van der Waals surface area contributed by atoms with Crippen molar-refractivity contribution in [1.29, 1.82) is 0 Å². The maximum Gasteiger partial charge on any atom is 0.273 e. The number of carbonyl (C=O) groups excluding carboxylic acids is 1. The van der Waals surface area contributed by atoms with Gasteiger partial charge in [0.2, 0.25) is 0 Å². The molecule has 0 aliphatic rings. The van der Waals surface area contributed by atoms with Gasteiger partial charge in [0.15, 0.2) is 5.69 Å². The first-order valence-electron chi connectivity index (χ1n) is 7.78. The molecule has 120 valence electrons. The van der Waals surface area contributed by atoms with Crippen molar-refractivity contribution in [2.75, 3.05) is 0 Å². The minimum absolute atomic E-state index is 0.126. The number of aromatic nitrogens is 3. The number of amides is 1. The van der Waals surface area contributed by atoms with Crippen molar-refractivity contribution in [3.63, 3.8) is 0 Å². The lowest BCUT2D eigenvalue weighted by molar-refractivity contribution is 0.0930.